The van der Waals surface area contributed by atoms with Crippen LogP contribution in [0, 0.1) is 0 Å². The molecular formula is C13H18ClN3O5S2. The number of thiophene rings is 1. The number of carbonyl (C=O) groups is 2. The zero-order valence-corrected chi connectivity index (χ0v) is 15.2. The van der Waals surface area contributed by atoms with Crippen LogP contribution in [0.15, 0.2) is 16.3 Å². The zero-order valence-electron chi connectivity index (χ0n) is 12.8. The van der Waals surface area contributed by atoms with Gasteiger partial charge in [0.05, 0.1) is 10.9 Å². The van der Waals surface area contributed by atoms with Gasteiger partial charge in [-0.1, -0.05) is 11.6 Å². The summed E-state index contributed by atoms with van der Waals surface area (Å²) in [7, 11) is -3.58. The van der Waals surface area contributed by atoms with Crippen LogP contribution in [0.25, 0.3) is 0 Å². The lowest BCUT2D eigenvalue weighted by molar-refractivity contribution is -0.138. The number of aliphatic carboxylic acids is 1. The topological polar surface area (TPSA) is 107 Å². The van der Waals surface area contributed by atoms with Crippen LogP contribution in [0.2, 0.25) is 4.34 Å². The highest BCUT2D eigenvalue weighted by atomic mass is 35.5. The number of carboxylic acids is 1. The maximum atomic E-state index is 12.6. The SMILES string of the molecule is O=C(O)CNC(=O)CN1CCCN(S(=O)(=O)c2ccc(Cl)s2)CC1. The number of nitrogens with zero attached hydrogens (tertiary/aromatic N) is 2. The number of hydrogen-bond acceptors (Lipinski definition) is 6. The van der Waals surface area contributed by atoms with Crippen LogP contribution < -0.4 is 5.32 Å². The average Bonchev–Trinajstić information content (AvgIpc) is 2.81. The largest absolute Gasteiger partial charge is 0.480 e. The van der Waals surface area contributed by atoms with Crippen LogP contribution in [0.5, 0.6) is 0 Å². The molecule has 0 radical (unpaired) electrons. The lowest BCUT2D eigenvalue weighted by Crippen LogP contribution is -2.41. The molecule has 0 aromatic carbocycles. The summed E-state index contributed by atoms with van der Waals surface area (Å²) in [4.78, 5) is 23.9. The smallest absolute Gasteiger partial charge is 0.322 e. The summed E-state index contributed by atoms with van der Waals surface area (Å²) in [6.07, 6.45) is 0.588. The lowest BCUT2D eigenvalue weighted by Gasteiger charge is -2.20. The van der Waals surface area contributed by atoms with Crippen molar-refractivity contribution < 1.29 is 23.1 Å². The van der Waals surface area contributed by atoms with Crippen molar-refractivity contribution in [3.8, 4) is 0 Å². The minimum absolute atomic E-state index is 0.0476. The number of carbonyl (C=O) groups excluding carboxylic acids is 1. The molecule has 0 spiro atoms. The van der Waals surface area contributed by atoms with Crippen molar-refractivity contribution in [3.63, 3.8) is 0 Å². The summed E-state index contributed by atoms with van der Waals surface area (Å²) in [5.41, 5.74) is 0. The summed E-state index contributed by atoms with van der Waals surface area (Å²) >= 11 is 6.83. The molecule has 2 heterocycles. The minimum atomic E-state index is -3.58. The fourth-order valence-corrected chi connectivity index (χ4v) is 5.45. The summed E-state index contributed by atoms with van der Waals surface area (Å²) in [6, 6.07) is 3.04. The summed E-state index contributed by atoms with van der Waals surface area (Å²) in [5.74, 6) is -1.50. The van der Waals surface area contributed by atoms with Crippen molar-refractivity contribution in [2.45, 2.75) is 10.6 Å². The summed E-state index contributed by atoms with van der Waals surface area (Å²) < 4.78 is 27.2. The second-order valence-electron chi connectivity index (χ2n) is 5.26. The highest BCUT2D eigenvalue weighted by Gasteiger charge is 2.28. The van der Waals surface area contributed by atoms with Crippen LogP contribution in [-0.2, 0) is 19.6 Å². The molecule has 0 aliphatic carbocycles. The Labute approximate surface area is 149 Å². The van der Waals surface area contributed by atoms with Crippen molar-refractivity contribution in [1.29, 1.82) is 0 Å². The standard InChI is InChI=1S/C13H18ClN3O5S2/c14-10-2-3-13(23-10)24(21,22)17-5-1-4-16(6-7-17)9-11(18)15-8-12(19)20/h2-3H,1,4-9H2,(H,15,18)(H,19,20). The third kappa shape index (κ3) is 5.15. The van der Waals surface area contributed by atoms with Crippen LogP contribution >= 0.6 is 22.9 Å². The van der Waals surface area contributed by atoms with Crippen molar-refractivity contribution >= 4 is 44.8 Å². The van der Waals surface area contributed by atoms with E-state index < -0.39 is 28.4 Å². The maximum absolute atomic E-state index is 12.6. The highest BCUT2D eigenvalue weighted by molar-refractivity contribution is 7.91. The van der Waals surface area contributed by atoms with Crippen molar-refractivity contribution in [2.75, 3.05) is 39.3 Å². The van der Waals surface area contributed by atoms with Gasteiger partial charge in [0.25, 0.3) is 10.0 Å². The Morgan fingerprint density at radius 1 is 1.25 bits per heavy atom. The molecule has 0 saturated carbocycles. The Bertz CT molecular complexity index is 706. The Balaban J connectivity index is 1.93. The van der Waals surface area contributed by atoms with Gasteiger partial charge in [0.2, 0.25) is 5.91 Å². The molecule has 1 saturated heterocycles. The maximum Gasteiger partial charge on any atom is 0.322 e. The number of nitrogens with one attached hydrogen (secondary N) is 1. The third-order valence-electron chi connectivity index (χ3n) is 3.49. The predicted octanol–water partition coefficient (Wildman–Crippen LogP) is 0.299. The molecule has 1 aromatic rings. The first-order chi connectivity index (χ1) is 11.3. The predicted molar refractivity (Wildman–Crippen MR) is 89.8 cm³/mol. The van der Waals surface area contributed by atoms with Crippen molar-refractivity contribution in [3.05, 3.63) is 16.5 Å². The Hall–Kier alpha value is -1.20. The van der Waals surface area contributed by atoms with E-state index in [-0.39, 0.29) is 17.3 Å². The summed E-state index contributed by atoms with van der Waals surface area (Å²) in [5, 5.41) is 10.8. The molecular weight excluding hydrogens is 378 g/mol. The number of hydrogen-bond donors (Lipinski definition) is 2. The van der Waals surface area contributed by atoms with E-state index in [2.05, 4.69) is 5.32 Å². The fourth-order valence-electron chi connectivity index (χ4n) is 2.34. The molecule has 134 valence electrons. The number of amides is 1. The first kappa shape index (κ1) is 19.1. The average molecular weight is 396 g/mol. The van der Waals surface area contributed by atoms with Gasteiger partial charge in [-0.2, -0.15) is 4.31 Å². The molecule has 0 atom stereocenters. The number of sulfonamides is 1. The monoisotopic (exact) mass is 395 g/mol. The van der Waals surface area contributed by atoms with E-state index in [1.165, 1.54) is 10.4 Å². The van der Waals surface area contributed by atoms with E-state index in [9.17, 15) is 18.0 Å². The van der Waals surface area contributed by atoms with E-state index in [0.29, 0.717) is 30.4 Å². The molecule has 11 heteroatoms. The first-order valence-electron chi connectivity index (χ1n) is 7.25. The number of carboxylic acid groups (broad SMARTS) is 1. The molecule has 1 aliphatic heterocycles. The zero-order chi connectivity index (χ0) is 17.7. The molecule has 1 amide bonds. The van der Waals surface area contributed by atoms with Gasteiger partial charge in [0.1, 0.15) is 10.8 Å². The van der Waals surface area contributed by atoms with E-state index >= 15 is 0 Å². The van der Waals surface area contributed by atoms with E-state index in [1.54, 1.807) is 6.07 Å². The van der Waals surface area contributed by atoms with Gasteiger partial charge < -0.3 is 10.4 Å². The van der Waals surface area contributed by atoms with Gasteiger partial charge in [0, 0.05) is 19.6 Å². The van der Waals surface area contributed by atoms with E-state index in [1.807, 2.05) is 4.90 Å². The second-order valence-corrected chi connectivity index (χ2v) is 9.14. The van der Waals surface area contributed by atoms with Gasteiger partial charge in [-0.25, -0.2) is 8.42 Å². The molecule has 1 aliphatic rings. The molecule has 2 N–H and O–H groups in total. The van der Waals surface area contributed by atoms with Gasteiger partial charge >= 0.3 is 5.97 Å². The molecule has 24 heavy (non-hydrogen) atoms. The van der Waals surface area contributed by atoms with Crippen molar-refractivity contribution in [1.82, 2.24) is 14.5 Å². The van der Waals surface area contributed by atoms with Crippen molar-refractivity contribution in [2.24, 2.45) is 0 Å². The molecule has 1 aromatic heterocycles. The molecule has 8 nitrogen and oxygen atoms in total. The molecule has 1 fully saturated rings. The number of rotatable bonds is 6. The quantitative estimate of drug-likeness (QED) is 0.717. The van der Waals surface area contributed by atoms with Crippen LogP contribution in [0.1, 0.15) is 6.42 Å². The molecule has 0 bridgehead atoms. The van der Waals surface area contributed by atoms with Gasteiger partial charge in [-0.15, -0.1) is 11.3 Å². The van der Waals surface area contributed by atoms with Crippen LogP contribution in [-0.4, -0.2) is 73.9 Å². The Morgan fingerprint density at radius 2 is 2.00 bits per heavy atom. The number of halogens is 1. The van der Waals surface area contributed by atoms with Gasteiger partial charge in [-0.3, -0.25) is 14.5 Å². The van der Waals surface area contributed by atoms with Gasteiger partial charge in [-0.05, 0) is 25.1 Å². The summed E-state index contributed by atoms with van der Waals surface area (Å²) in [6.45, 7) is 1.23. The lowest BCUT2D eigenvalue weighted by atomic mass is 10.4. The second kappa shape index (κ2) is 8.26. The minimum Gasteiger partial charge on any atom is -0.480 e. The normalized spacial score (nSPS) is 17.4. The van der Waals surface area contributed by atoms with E-state index in [4.69, 9.17) is 16.7 Å². The van der Waals surface area contributed by atoms with E-state index in [0.717, 1.165) is 11.3 Å². The Morgan fingerprint density at radius 3 is 2.62 bits per heavy atom. The van der Waals surface area contributed by atoms with Crippen LogP contribution in [0.4, 0.5) is 0 Å². The first-order valence-corrected chi connectivity index (χ1v) is 9.89. The molecule has 2 rings (SSSR count). The Kier molecular flexibility index (Phi) is 6.58. The van der Waals surface area contributed by atoms with Crippen LogP contribution in [0.3, 0.4) is 0 Å². The highest BCUT2D eigenvalue weighted by Crippen LogP contribution is 2.28. The fraction of sp³-hybridized carbons (Fsp3) is 0.538. The third-order valence-corrected chi connectivity index (χ3v) is 7.09. The molecule has 0 unspecified atom stereocenters. The van der Waals surface area contributed by atoms with Gasteiger partial charge in [0.15, 0.2) is 0 Å².